The zero-order chi connectivity index (χ0) is 19.6. The molecule has 0 aromatic heterocycles. The van der Waals surface area contributed by atoms with Gasteiger partial charge in [-0.25, -0.2) is 8.42 Å². The van der Waals surface area contributed by atoms with Crippen molar-refractivity contribution in [3.63, 3.8) is 0 Å². The Hall–Kier alpha value is -2.87. The minimum atomic E-state index is -3.91. The van der Waals surface area contributed by atoms with Crippen molar-refractivity contribution in [1.29, 1.82) is 0 Å². The number of carbonyl (C=O) groups excluding carboxylic acids is 2. The van der Waals surface area contributed by atoms with Crippen LogP contribution in [0.5, 0.6) is 5.75 Å². The van der Waals surface area contributed by atoms with Gasteiger partial charge in [0.15, 0.2) is 5.78 Å². The van der Waals surface area contributed by atoms with Gasteiger partial charge in [0.2, 0.25) is 5.91 Å². The van der Waals surface area contributed by atoms with Crippen molar-refractivity contribution in [3.8, 4) is 5.75 Å². The smallest absolute Gasteiger partial charge is 0.261 e. The lowest BCUT2D eigenvalue weighted by molar-refractivity contribution is -0.117. The van der Waals surface area contributed by atoms with Crippen molar-refractivity contribution in [2.75, 3.05) is 23.3 Å². The maximum atomic E-state index is 12.8. The van der Waals surface area contributed by atoms with E-state index >= 15 is 0 Å². The van der Waals surface area contributed by atoms with Crippen LogP contribution in [0.3, 0.4) is 0 Å². The van der Waals surface area contributed by atoms with Gasteiger partial charge in [-0.15, -0.1) is 0 Å². The summed E-state index contributed by atoms with van der Waals surface area (Å²) in [4.78, 5) is 25.1. The van der Waals surface area contributed by atoms with E-state index in [1.165, 1.54) is 43.2 Å². The Labute approximate surface area is 158 Å². The standard InChI is InChI=1S/C19H20N2O5S/c1-13(22)14-5-3-6-15(11-14)20-27(24,25)16-8-9-18(26-2)17(12-16)21-10-4-7-19(21)23/h3,5-6,8-9,11-12,20H,4,7,10H2,1-2H3. The Kier molecular flexibility index (Phi) is 5.18. The van der Waals surface area contributed by atoms with Gasteiger partial charge in [0.25, 0.3) is 10.0 Å². The molecule has 3 rings (SSSR count). The van der Waals surface area contributed by atoms with Crippen molar-refractivity contribution in [2.45, 2.75) is 24.7 Å². The minimum Gasteiger partial charge on any atom is -0.495 e. The molecule has 0 unspecified atom stereocenters. The van der Waals surface area contributed by atoms with E-state index in [0.717, 1.165) is 6.42 Å². The molecule has 0 spiro atoms. The Morgan fingerprint density at radius 3 is 2.59 bits per heavy atom. The van der Waals surface area contributed by atoms with E-state index < -0.39 is 10.0 Å². The number of carbonyl (C=O) groups is 2. The van der Waals surface area contributed by atoms with Crippen molar-refractivity contribution in [2.24, 2.45) is 0 Å². The molecule has 1 heterocycles. The van der Waals surface area contributed by atoms with E-state index in [4.69, 9.17) is 4.74 Å². The molecule has 7 nitrogen and oxygen atoms in total. The van der Waals surface area contributed by atoms with Gasteiger partial charge in [0.1, 0.15) is 5.75 Å². The Balaban J connectivity index is 1.96. The van der Waals surface area contributed by atoms with Crippen LogP contribution < -0.4 is 14.4 Å². The van der Waals surface area contributed by atoms with E-state index in [2.05, 4.69) is 4.72 Å². The molecule has 1 fully saturated rings. The number of benzene rings is 2. The lowest BCUT2D eigenvalue weighted by Crippen LogP contribution is -2.25. The van der Waals surface area contributed by atoms with E-state index in [-0.39, 0.29) is 22.3 Å². The number of nitrogens with one attached hydrogen (secondary N) is 1. The molecule has 2 aromatic carbocycles. The molecular formula is C19H20N2O5S. The second-order valence-electron chi connectivity index (χ2n) is 6.23. The summed E-state index contributed by atoms with van der Waals surface area (Å²) < 4.78 is 33.3. The zero-order valence-corrected chi connectivity index (χ0v) is 15.9. The maximum Gasteiger partial charge on any atom is 0.261 e. The third-order valence-corrected chi connectivity index (χ3v) is 5.73. The fourth-order valence-corrected chi connectivity index (χ4v) is 4.04. The number of anilines is 2. The highest BCUT2D eigenvalue weighted by molar-refractivity contribution is 7.92. The Morgan fingerprint density at radius 1 is 1.19 bits per heavy atom. The van der Waals surface area contributed by atoms with Gasteiger partial charge >= 0.3 is 0 Å². The zero-order valence-electron chi connectivity index (χ0n) is 15.1. The number of Topliss-reactive ketones (excluding diaryl/α,β-unsaturated/α-hetero) is 1. The van der Waals surface area contributed by atoms with Crippen LogP contribution in [0.4, 0.5) is 11.4 Å². The summed E-state index contributed by atoms with van der Waals surface area (Å²) in [5, 5.41) is 0. The molecule has 8 heteroatoms. The molecule has 0 bridgehead atoms. The van der Waals surface area contributed by atoms with Crippen molar-refractivity contribution < 1.29 is 22.7 Å². The van der Waals surface area contributed by atoms with Gasteiger partial charge in [-0.3, -0.25) is 14.3 Å². The number of sulfonamides is 1. The molecule has 0 saturated carbocycles. The fraction of sp³-hybridized carbons (Fsp3) is 0.263. The van der Waals surface area contributed by atoms with Gasteiger partial charge in [-0.1, -0.05) is 12.1 Å². The molecule has 1 amide bonds. The number of hydrogen-bond acceptors (Lipinski definition) is 5. The Bertz CT molecular complexity index is 1000. The number of nitrogens with zero attached hydrogens (tertiary/aromatic N) is 1. The van der Waals surface area contributed by atoms with Crippen LogP contribution in [0.15, 0.2) is 47.4 Å². The summed E-state index contributed by atoms with van der Waals surface area (Å²) in [5.41, 5.74) is 1.13. The van der Waals surface area contributed by atoms with E-state index in [1.807, 2.05) is 0 Å². The molecule has 0 aliphatic carbocycles. The second-order valence-corrected chi connectivity index (χ2v) is 7.91. The van der Waals surface area contributed by atoms with Gasteiger partial charge in [0, 0.05) is 24.2 Å². The summed E-state index contributed by atoms with van der Waals surface area (Å²) in [6, 6.07) is 10.6. The summed E-state index contributed by atoms with van der Waals surface area (Å²) in [7, 11) is -2.43. The number of amides is 1. The molecule has 0 radical (unpaired) electrons. The topological polar surface area (TPSA) is 92.8 Å². The number of rotatable bonds is 6. The molecule has 0 atom stereocenters. The van der Waals surface area contributed by atoms with Crippen LogP contribution in [0.1, 0.15) is 30.1 Å². The summed E-state index contributed by atoms with van der Waals surface area (Å²) >= 11 is 0. The van der Waals surface area contributed by atoms with Crippen LogP contribution in [-0.2, 0) is 14.8 Å². The second kappa shape index (κ2) is 7.40. The van der Waals surface area contributed by atoms with Gasteiger partial charge < -0.3 is 9.64 Å². The largest absolute Gasteiger partial charge is 0.495 e. The lowest BCUT2D eigenvalue weighted by Gasteiger charge is -2.20. The van der Waals surface area contributed by atoms with E-state index in [0.29, 0.717) is 30.0 Å². The molecule has 1 aliphatic rings. The first-order valence-corrected chi connectivity index (χ1v) is 9.92. The first-order chi connectivity index (χ1) is 12.8. The molecule has 2 aromatic rings. The maximum absolute atomic E-state index is 12.8. The molecule has 1 aliphatic heterocycles. The van der Waals surface area contributed by atoms with E-state index in [1.54, 1.807) is 18.2 Å². The normalized spacial score (nSPS) is 14.3. The number of ketones is 1. The lowest BCUT2D eigenvalue weighted by atomic mass is 10.1. The van der Waals surface area contributed by atoms with Gasteiger partial charge in [-0.05, 0) is 43.7 Å². The van der Waals surface area contributed by atoms with Crippen LogP contribution in [0.25, 0.3) is 0 Å². The molecule has 1 N–H and O–H groups in total. The highest BCUT2D eigenvalue weighted by atomic mass is 32.2. The first-order valence-electron chi connectivity index (χ1n) is 8.44. The van der Waals surface area contributed by atoms with E-state index in [9.17, 15) is 18.0 Å². The average molecular weight is 388 g/mol. The first kappa shape index (κ1) is 18.9. The molecule has 142 valence electrons. The highest BCUT2D eigenvalue weighted by Gasteiger charge is 2.26. The molecule has 1 saturated heterocycles. The van der Waals surface area contributed by atoms with Crippen molar-refractivity contribution >= 4 is 33.1 Å². The van der Waals surface area contributed by atoms with Gasteiger partial charge in [-0.2, -0.15) is 0 Å². The Morgan fingerprint density at radius 2 is 1.96 bits per heavy atom. The van der Waals surface area contributed by atoms with Crippen LogP contribution >= 0.6 is 0 Å². The third kappa shape index (κ3) is 3.95. The van der Waals surface area contributed by atoms with Crippen molar-refractivity contribution in [1.82, 2.24) is 0 Å². The minimum absolute atomic E-state index is 0.00577. The quantitative estimate of drug-likeness (QED) is 0.768. The number of hydrogen-bond donors (Lipinski definition) is 1. The SMILES string of the molecule is COc1ccc(S(=O)(=O)Nc2cccc(C(C)=O)c2)cc1N1CCCC1=O. The average Bonchev–Trinajstić information content (AvgIpc) is 3.06. The third-order valence-electron chi connectivity index (χ3n) is 4.35. The fourth-order valence-electron chi connectivity index (χ4n) is 2.97. The highest BCUT2D eigenvalue weighted by Crippen LogP contribution is 2.34. The predicted octanol–water partition coefficient (Wildman–Crippen LogP) is 2.83. The molecule has 27 heavy (non-hydrogen) atoms. The van der Waals surface area contributed by atoms with Crippen molar-refractivity contribution in [3.05, 3.63) is 48.0 Å². The summed E-state index contributed by atoms with van der Waals surface area (Å²) in [6.07, 6.45) is 1.14. The molecular weight excluding hydrogens is 368 g/mol. The summed E-state index contributed by atoms with van der Waals surface area (Å²) in [5.74, 6) is 0.211. The number of ether oxygens (including phenoxy) is 1. The monoisotopic (exact) mass is 388 g/mol. The van der Waals surface area contributed by atoms with Crippen LogP contribution in [0, 0.1) is 0 Å². The predicted molar refractivity (Wildman–Crippen MR) is 102 cm³/mol. The number of methoxy groups -OCH3 is 1. The van der Waals surface area contributed by atoms with Crippen LogP contribution in [-0.4, -0.2) is 33.8 Å². The summed E-state index contributed by atoms with van der Waals surface area (Å²) in [6.45, 7) is 1.93. The van der Waals surface area contributed by atoms with Gasteiger partial charge in [0.05, 0.1) is 17.7 Å². The van der Waals surface area contributed by atoms with Crippen LogP contribution in [0.2, 0.25) is 0 Å².